The average Bonchev–Trinajstić information content (AvgIpc) is 3.20. The topological polar surface area (TPSA) is 80.6 Å². The fourth-order valence-corrected chi connectivity index (χ4v) is 6.08. The zero-order valence-corrected chi connectivity index (χ0v) is 28.2. The van der Waals surface area contributed by atoms with Gasteiger partial charge in [-0.2, -0.15) is 19.9 Å². The maximum atomic E-state index is 5.11. The first-order chi connectivity index (χ1) is 25.1. The van der Waals surface area contributed by atoms with Crippen LogP contribution in [0.2, 0.25) is 0 Å². The molecule has 0 aliphatic carbocycles. The summed E-state index contributed by atoms with van der Waals surface area (Å²) in [5, 5.41) is 0. The molecule has 0 atom stereocenters. The lowest BCUT2D eigenvalue weighted by molar-refractivity contribution is 0.963. The molecule has 0 unspecified atom stereocenters. The Bertz CT molecular complexity index is 2190. The second kappa shape index (κ2) is 13.9. The molecule has 0 aliphatic rings. The third-order valence-corrected chi connectivity index (χ3v) is 8.68. The van der Waals surface area contributed by atoms with E-state index in [0.29, 0.717) is 35.2 Å². The molecule has 6 aromatic carbocycles. The molecule has 0 saturated heterocycles. The number of hydrogen-bond donors (Lipinski definition) is 0. The van der Waals surface area contributed by atoms with E-state index in [9.17, 15) is 0 Å². The van der Waals surface area contributed by atoms with E-state index in [1.807, 2.05) is 126 Å². The van der Waals surface area contributed by atoms with Gasteiger partial charge in [-0.1, -0.05) is 152 Å². The molecule has 2 heterocycles. The summed E-state index contributed by atoms with van der Waals surface area (Å²) in [4.78, 5) is 32.3. The molecule has 0 bridgehead atoms. The van der Waals surface area contributed by atoms with Crippen LogP contribution in [0.5, 0.6) is 0 Å². The molecule has 8 rings (SSSR count). The fourth-order valence-electron chi connectivity index (χ4n) is 6.08. The Morgan fingerprint density at radius 1 is 0.333 bits per heavy atom. The second-order valence-electron chi connectivity index (χ2n) is 12.2. The van der Waals surface area contributed by atoms with E-state index in [2.05, 4.69) is 56.3 Å². The highest BCUT2D eigenvalue weighted by molar-refractivity contribution is 5.78. The van der Waals surface area contributed by atoms with Gasteiger partial charge >= 0.3 is 0 Å². The number of aromatic nitrogens is 6. The number of benzene rings is 6. The van der Waals surface area contributed by atoms with E-state index in [1.54, 1.807) is 0 Å². The van der Waals surface area contributed by atoms with E-state index in [-0.39, 0.29) is 0 Å². The highest BCUT2D eigenvalue weighted by atomic mass is 15.4. The van der Waals surface area contributed by atoms with Crippen molar-refractivity contribution in [3.05, 3.63) is 175 Å². The summed E-state index contributed by atoms with van der Waals surface area (Å²) in [6.07, 6.45) is 0. The maximum absolute atomic E-state index is 5.11. The molecular formula is C44H33N7. The van der Waals surface area contributed by atoms with Crippen molar-refractivity contribution < 1.29 is 0 Å². The van der Waals surface area contributed by atoms with Gasteiger partial charge in [0.25, 0.3) is 0 Å². The molecule has 0 spiro atoms. The van der Waals surface area contributed by atoms with E-state index in [0.717, 1.165) is 39.1 Å². The first kappa shape index (κ1) is 31.4. The Balaban J connectivity index is 1.40. The number of hydrogen-bond acceptors (Lipinski definition) is 7. The standard InChI is InChI=1S/C44H33N7/c1-30-17-15-16-26-37(30)38-28-27-36(29-31(38)2)51(43-47-39(32-18-7-3-8-19-32)45-40(48-43)33-20-9-4-10-21-33)44-49-41(34-22-11-5-12-23-34)46-42(50-44)35-24-13-6-14-25-35/h3-29H,1-2H3. The predicted molar refractivity (Wildman–Crippen MR) is 205 cm³/mol. The van der Waals surface area contributed by atoms with Crippen molar-refractivity contribution in [3.8, 4) is 56.7 Å². The van der Waals surface area contributed by atoms with E-state index in [4.69, 9.17) is 29.9 Å². The molecule has 0 aliphatic heterocycles. The molecular weight excluding hydrogens is 627 g/mol. The fraction of sp³-hybridized carbons (Fsp3) is 0.0455. The third kappa shape index (κ3) is 6.60. The number of anilines is 3. The van der Waals surface area contributed by atoms with Gasteiger partial charge in [0.05, 0.1) is 5.69 Å². The lowest BCUT2D eigenvalue weighted by atomic mass is 9.96. The predicted octanol–water partition coefficient (Wildman–Crippen LogP) is 10.5. The summed E-state index contributed by atoms with van der Waals surface area (Å²) >= 11 is 0. The summed E-state index contributed by atoms with van der Waals surface area (Å²) < 4.78 is 0. The lowest BCUT2D eigenvalue weighted by Gasteiger charge is -2.24. The first-order valence-electron chi connectivity index (χ1n) is 16.8. The zero-order valence-electron chi connectivity index (χ0n) is 28.2. The smallest absolute Gasteiger partial charge is 0.241 e. The van der Waals surface area contributed by atoms with Crippen LogP contribution >= 0.6 is 0 Å². The summed E-state index contributed by atoms with van der Waals surface area (Å²) in [5.74, 6) is 2.93. The van der Waals surface area contributed by atoms with Gasteiger partial charge in [-0.05, 0) is 48.2 Å². The van der Waals surface area contributed by atoms with Crippen LogP contribution in [0.4, 0.5) is 17.6 Å². The lowest BCUT2D eigenvalue weighted by Crippen LogP contribution is -2.19. The van der Waals surface area contributed by atoms with Crippen LogP contribution < -0.4 is 4.90 Å². The molecule has 8 aromatic rings. The highest BCUT2D eigenvalue weighted by Crippen LogP contribution is 2.37. The molecule has 51 heavy (non-hydrogen) atoms. The third-order valence-electron chi connectivity index (χ3n) is 8.68. The van der Waals surface area contributed by atoms with Crippen molar-refractivity contribution in [2.45, 2.75) is 13.8 Å². The minimum absolute atomic E-state index is 0.384. The van der Waals surface area contributed by atoms with Crippen molar-refractivity contribution in [2.24, 2.45) is 0 Å². The quantitative estimate of drug-likeness (QED) is 0.161. The van der Waals surface area contributed by atoms with Gasteiger partial charge in [-0.3, -0.25) is 0 Å². The molecule has 0 amide bonds. The number of nitrogens with zero attached hydrogens (tertiary/aromatic N) is 7. The normalized spacial score (nSPS) is 10.9. The Morgan fingerprint density at radius 3 is 1.06 bits per heavy atom. The van der Waals surface area contributed by atoms with Gasteiger partial charge in [0.2, 0.25) is 11.9 Å². The van der Waals surface area contributed by atoms with E-state index >= 15 is 0 Å². The van der Waals surface area contributed by atoms with Crippen LogP contribution in [0.15, 0.2) is 164 Å². The van der Waals surface area contributed by atoms with Crippen molar-refractivity contribution in [3.63, 3.8) is 0 Å². The molecule has 244 valence electrons. The molecule has 0 radical (unpaired) electrons. The van der Waals surface area contributed by atoms with Crippen LogP contribution in [0, 0.1) is 13.8 Å². The van der Waals surface area contributed by atoms with Crippen molar-refractivity contribution in [2.75, 3.05) is 4.90 Å². The second-order valence-corrected chi connectivity index (χ2v) is 12.2. The van der Waals surface area contributed by atoms with Gasteiger partial charge in [0, 0.05) is 22.3 Å². The van der Waals surface area contributed by atoms with Gasteiger partial charge < -0.3 is 0 Å². The first-order valence-corrected chi connectivity index (χ1v) is 16.8. The minimum atomic E-state index is 0.384. The van der Waals surface area contributed by atoms with Crippen molar-refractivity contribution >= 4 is 17.6 Å². The van der Waals surface area contributed by atoms with Gasteiger partial charge in [-0.25, -0.2) is 14.9 Å². The summed E-state index contributed by atoms with van der Waals surface area (Å²) in [6.45, 7) is 4.26. The highest BCUT2D eigenvalue weighted by Gasteiger charge is 2.24. The summed E-state index contributed by atoms with van der Waals surface area (Å²) in [6, 6.07) is 54.6. The van der Waals surface area contributed by atoms with E-state index in [1.165, 1.54) is 11.1 Å². The number of aryl methyl sites for hydroxylation is 2. The molecule has 7 nitrogen and oxygen atoms in total. The Morgan fingerprint density at radius 2 is 0.686 bits per heavy atom. The van der Waals surface area contributed by atoms with Gasteiger partial charge in [0.1, 0.15) is 0 Å². The molecule has 2 aromatic heterocycles. The maximum Gasteiger partial charge on any atom is 0.241 e. The van der Waals surface area contributed by atoms with Crippen LogP contribution in [0.3, 0.4) is 0 Å². The van der Waals surface area contributed by atoms with Crippen LogP contribution in [-0.4, -0.2) is 29.9 Å². The molecule has 0 fully saturated rings. The van der Waals surface area contributed by atoms with Crippen molar-refractivity contribution in [1.29, 1.82) is 0 Å². The molecule has 0 saturated carbocycles. The van der Waals surface area contributed by atoms with Gasteiger partial charge in [-0.15, -0.1) is 0 Å². The van der Waals surface area contributed by atoms with E-state index < -0.39 is 0 Å². The SMILES string of the molecule is Cc1ccccc1-c1ccc(N(c2nc(-c3ccccc3)nc(-c3ccccc3)n2)c2nc(-c3ccccc3)nc(-c3ccccc3)n2)cc1C. The monoisotopic (exact) mass is 659 g/mol. The Kier molecular flexibility index (Phi) is 8.58. The van der Waals surface area contributed by atoms with Gasteiger partial charge in [0.15, 0.2) is 23.3 Å². The largest absolute Gasteiger partial charge is 0.246 e. The number of rotatable bonds is 8. The van der Waals surface area contributed by atoms with Crippen LogP contribution in [0.25, 0.3) is 56.7 Å². The summed E-state index contributed by atoms with van der Waals surface area (Å²) in [7, 11) is 0. The van der Waals surface area contributed by atoms with Crippen LogP contribution in [0.1, 0.15) is 11.1 Å². The zero-order chi connectivity index (χ0) is 34.6. The average molecular weight is 660 g/mol. The van der Waals surface area contributed by atoms with Crippen molar-refractivity contribution in [1.82, 2.24) is 29.9 Å². The van der Waals surface area contributed by atoms with Crippen LogP contribution in [-0.2, 0) is 0 Å². The Labute approximate surface area is 297 Å². The molecule has 0 N–H and O–H groups in total. The Hall–Kier alpha value is -6.86. The summed E-state index contributed by atoms with van der Waals surface area (Å²) in [5.41, 5.74) is 8.91. The molecule has 7 heteroatoms. The minimum Gasteiger partial charge on any atom is -0.246 e.